The number of ether oxygens (including phenoxy) is 1. The minimum Gasteiger partial charge on any atom is -0.504 e. The van der Waals surface area contributed by atoms with E-state index in [-0.39, 0.29) is 5.75 Å². The molecule has 2 aromatic carbocycles. The molecule has 0 amide bonds. The minimum absolute atomic E-state index is 0.0957. The van der Waals surface area contributed by atoms with Gasteiger partial charge in [-0.25, -0.2) is 4.98 Å². The van der Waals surface area contributed by atoms with Crippen LogP contribution in [0.3, 0.4) is 0 Å². The zero-order chi connectivity index (χ0) is 15.5. The van der Waals surface area contributed by atoms with Gasteiger partial charge in [0.05, 0.1) is 7.11 Å². The van der Waals surface area contributed by atoms with E-state index >= 15 is 0 Å². The van der Waals surface area contributed by atoms with Crippen molar-refractivity contribution in [3.8, 4) is 34.3 Å². The summed E-state index contributed by atoms with van der Waals surface area (Å²) < 4.78 is 5.12. The van der Waals surface area contributed by atoms with Crippen LogP contribution >= 0.6 is 0 Å². The van der Waals surface area contributed by atoms with Crippen LogP contribution in [0, 0.1) is 0 Å². The summed E-state index contributed by atoms with van der Waals surface area (Å²) >= 11 is 0. The van der Waals surface area contributed by atoms with Crippen molar-refractivity contribution in [3.05, 3.63) is 48.0 Å². The number of benzene rings is 2. The van der Waals surface area contributed by atoms with Crippen molar-refractivity contribution >= 4 is 0 Å². The molecule has 0 fully saturated rings. The summed E-state index contributed by atoms with van der Waals surface area (Å²) in [6, 6.07) is 13.2. The van der Waals surface area contributed by atoms with Gasteiger partial charge in [0.2, 0.25) is 0 Å². The molecule has 2 N–H and O–H groups in total. The lowest BCUT2D eigenvalue weighted by Crippen LogP contribution is -1.89. The second-order valence-electron chi connectivity index (χ2n) is 4.90. The Morgan fingerprint density at radius 1 is 1.18 bits per heavy atom. The van der Waals surface area contributed by atoms with Crippen molar-refractivity contribution in [2.24, 2.45) is 0 Å². The zero-order valence-electron chi connectivity index (χ0n) is 12.5. The van der Waals surface area contributed by atoms with Gasteiger partial charge < -0.3 is 9.84 Å². The Labute approximate surface area is 128 Å². The molecule has 0 radical (unpaired) electrons. The molecule has 1 aromatic heterocycles. The lowest BCUT2D eigenvalue weighted by atomic mass is 10.1. The number of aryl methyl sites for hydroxylation is 1. The number of aromatic hydroxyl groups is 1. The fraction of sp³-hybridized carbons (Fsp3) is 0.176. The zero-order valence-corrected chi connectivity index (χ0v) is 12.5. The van der Waals surface area contributed by atoms with Crippen molar-refractivity contribution in [1.29, 1.82) is 0 Å². The molecular formula is C17H17N3O2. The Morgan fingerprint density at radius 2 is 2.00 bits per heavy atom. The molecule has 0 aliphatic rings. The second-order valence-corrected chi connectivity index (χ2v) is 4.90. The lowest BCUT2D eigenvalue weighted by Gasteiger charge is -2.04. The molecular weight excluding hydrogens is 278 g/mol. The number of nitrogens with zero attached hydrogens (tertiary/aromatic N) is 2. The lowest BCUT2D eigenvalue weighted by molar-refractivity contribution is 0.373. The summed E-state index contributed by atoms with van der Waals surface area (Å²) in [6.07, 6.45) is 0.930. The first-order valence-electron chi connectivity index (χ1n) is 7.11. The number of hydrogen-bond donors (Lipinski definition) is 2. The largest absolute Gasteiger partial charge is 0.504 e. The predicted molar refractivity (Wildman–Crippen MR) is 84.8 cm³/mol. The maximum Gasteiger partial charge on any atom is 0.181 e. The fourth-order valence-electron chi connectivity index (χ4n) is 2.39. The first kappa shape index (κ1) is 14.1. The number of hydrogen-bond acceptors (Lipinski definition) is 4. The Morgan fingerprint density at radius 3 is 2.77 bits per heavy atom. The summed E-state index contributed by atoms with van der Waals surface area (Å²) in [6.45, 7) is 2.11. The van der Waals surface area contributed by atoms with Crippen LogP contribution in [0.15, 0.2) is 42.5 Å². The van der Waals surface area contributed by atoms with Gasteiger partial charge in [-0.05, 0) is 30.2 Å². The van der Waals surface area contributed by atoms with E-state index in [1.807, 2.05) is 18.2 Å². The van der Waals surface area contributed by atoms with Gasteiger partial charge >= 0.3 is 0 Å². The molecule has 0 unspecified atom stereocenters. The molecule has 22 heavy (non-hydrogen) atoms. The van der Waals surface area contributed by atoms with E-state index in [2.05, 4.69) is 28.2 Å². The first-order valence-corrected chi connectivity index (χ1v) is 7.11. The number of phenolic OH excluding ortho intramolecular Hbond substituents is 1. The van der Waals surface area contributed by atoms with Crippen LogP contribution in [0.5, 0.6) is 11.5 Å². The Bertz CT molecular complexity index is 796. The number of aromatic amines is 1. The number of H-pyrrole nitrogens is 1. The smallest absolute Gasteiger partial charge is 0.181 e. The van der Waals surface area contributed by atoms with Crippen LogP contribution in [0.4, 0.5) is 0 Å². The van der Waals surface area contributed by atoms with Crippen LogP contribution in [0.2, 0.25) is 0 Å². The molecule has 1 heterocycles. The average molecular weight is 295 g/mol. The van der Waals surface area contributed by atoms with E-state index in [4.69, 9.17) is 4.74 Å². The summed E-state index contributed by atoms with van der Waals surface area (Å²) in [5.41, 5.74) is 3.05. The van der Waals surface area contributed by atoms with E-state index in [0.717, 1.165) is 23.4 Å². The molecule has 112 valence electrons. The maximum atomic E-state index is 9.66. The average Bonchev–Trinajstić information content (AvgIpc) is 3.05. The third-order valence-electron chi connectivity index (χ3n) is 3.58. The van der Waals surface area contributed by atoms with Crippen LogP contribution < -0.4 is 4.74 Å². The normalized spacial score (nSPS) is 10.6. The molecule has 5 nitrogen and oxygen atoms in total. The van der Waals surface area contributed by atoms with Crippen LogP contribution in [-0.4, -0.2) is 27.4 Å². The van der Waals surface area contributed by atoms with E-state index in [9.17, 15) is 5.11 Å². The molecule has 0 spiro atoms. The van der Waals surface area contributed by atoms with Gasteiger partial charge in [-0.1, -0.05) is 31.2 Å². The van der Waals surface area contributed by atoms with Gasteiger partial charge in [-0.3, -0.25) is 5.10 Å². The number of phenols is 1. The third kappa shape index (κ3) is 2.53. The molecule has 3 rings (SSSR count). The van der Waals surface area contributed by atoms with Crippen LogP contribution in [0.1, 0.15) is 12.5 Å². The first-order chi connectivity index (χ1) is 10.7. The van der Waals surface area contributed by atoms with Crippen molar-refractivity contribution in [1.82, 2.24) is 15.2 Å². The molecule has 0 saturated heterocycles. The highest BCUT2D eigenvalue weighted by molar-refractivity contribution is 5.65. The molecule has 5 heteroatoms. The minimum atomic E-state index is 0.0957. The highest BCUT2D eigenvalue weighted by Gasteiger charge is 2.12. The standard InChI is InChI=1S/C17H17N3O2/c1-3-11-6-4-5-7-13(11)17-18-16(19-20-17)12-8-9-14(21)15(10-12)22-2/h4-10,21H,3H2,1-2H3,(H,18,19,20). The van der Waals surface area contributed by atoms with E-state index in [1.165, 1.54) is 12.7 Å². The summed E-state index contributed by atoms with van der Waals surface area (Å²) in [5, 5.41) is 16.9. The Kier molecular flexibility index (Phi) is 3.78. The quantitative estimate of drug-likeness (QED) is 0.773. The van der Waals surface area contributed by atoms with Crippen molar-refractivity contribution < 1.29 is 9.84 Å². The summed E-state index contributed by atoms with van der Waals surface area (Å²) in [7, 11) is 1.51. The topological polar surface area (TPSA) is 71.0 Å². The van der Waals surface area contributed by atoms with Gasteiger partial charge in [0.25, 0.3) is 0 Å². The highest BCUT2D eigenvalue weighted by Crippen LogP contribution is 2.31. The predicted octanol–water partition coefficient (Wildman–Crippen LogP) is 3.42. The highest BCUT2D eigenvalue weighted by atomic mass is 16.5. The van der Waals surface area contributed by atoms with Crippen molar-refractivity contribution in [2.75, 3.05) is 7.11 Å². The van der Waals surface area contributed by atoms with Gasteiger partial charge in [0, 0.05) is 11.1 Å². The number of rotatable bonds is 4. The second kappa shape index (κ2) is 5.89. The Balaban J connectivity index is 2.00. The number of aromatic nitrogens is 3. The van der Waals surface area contributed by atoms with E-state index in [0.29, 0.717) is 11.6 Å². The van der Waals surface area contributed by atoms with Crippen LogP contribution in [0.25, 0.3) is 22.8 Å². The van der Waals surface area contributed by atoms with E-state index in [1.54, 1.807) is 18.2 Å². The summed E-state index contributed by atoms with van der Waals surface area (Å²) in [5.74, 6) is 1.80. The van der Waals surface area contributed by atoms with Gasteiger partial charge in [0.1, 0.15) is 0 Å². The molecule has 0 bridgehead atoms. The molecule has 0 atom stereocenters. The van der Waals surface area contributed by atoms with Crippen molar-refractivity contribution in [3.63, 3.8) is 0 Å². The maximum absolute atomic E-state index is 9.66. The number of nitrogens with one attached hydrogen (secondary N) is 1. The Hall–Kier alpha value is -2.82. The van der Waals surface area contributed by atoms with Gasteiger partial charge in [-0.15, -0.1) is 0 Å². The third-order valence-corrected chi connectivity index (χ3v) is 3.58. The molecule has 0 aliphatic heterocycles. The van der Waals surface area contributed by atoms with Gasteiger partial charge in [0.15, 0.2) is 23.1 Å². The number of methoxy groups -OCH3 is 1. The molecule has 0 aliphatic carbocycles. The molecule has 3 aromatic rings. The van der Waals surface area contributed by atoms with E-state index < -0.39 is 0 Å². The van der Waals surface area contributed by atoms with Crippen molar-refractivity contribution in [2.45, 2.75) is 13.3 Å². The summed E-state index contributed by atoms with van der Waals surface area (Å²) in [4.78, 5) is 4.56. The monoisotopic (exact) mass is 295 g/mol. The molecule has 0 saturated carbocycles. The fourth-order valence-corrected chi connectivity index (χ4v) is 2.39. The van der Waals surface area contributed by atoms with Gasteiger partial charge in [-0.2, -0.15) is 5.10 Å². The SMILES string of the molecule is CCc1ccccc1-c1nc(-c2ccc(O)c(OC)c2)n[nH]1. The van der Waals surface area contributed by atoms with Crippen LogP contribution in [-0.2, 0) is 6.42 Å².